The molecule has 0 bridgehead atoms. The van der Waals surface area contributed by atoms with Gasteiger partial charge in [-0.2, -0.15) is 0 Å². The van der Waals surface area contributed by atoms with Crippen molar-refractivity contribution in [1.29, 1.82) is 0 Å². The number of hydrogen-bond donors (Lipinski definition) is 0. The first-order chi connectivity index (χ1) is 15.1. The van der Waals surface area contributed by atoms with Crippen LogP contribution in [0.5, 0.6) is 5.75 Å². The second-order valence-electron chi connectivity index (χ2n) is 8.21. The Bertz CT molecular complexity index is 918. The van der Waals surface area contributed by atoms with Crippen LogP contribution in [-0.2, 0) is 33.6 Å². The molecule has 31 heavy (non-hydrogen) atoms. The molecule has 2 aromatic carbocycles. The lowest BCUT2D eigenvalue weighted by molar-refractivity contribution is -0.151. The van der Waals surface area contributed by atoms with Crippen LogP contribution in [0.25, 0.3) is 0 Å². The number of piperazine rings is 1. The van der Waals surface area contributed by atoms with Crippen LogP contribution >= 0.6 is 0 Å². The molecular formula is C25H30N2O4. The minimum absolute atomic E-state index is 0.131. The van der Waals surface area contributed by atoms with Gasteiger partial charge in [0.15, 0.2) is 6.61 Å². The van der Waals surface area contributed by atoms with Gasteiger partial charge < -0.3 is 19.3 Å². The Kier molecular flexibility index (Phi) is 6.75. The quantitative estimate of drug-likeness (QED) is 0.670. The number of fused-ring (bicyclic) bond motifs is 1. The van der Waals surface area contributed by atoms with Crippen LogP contribution in [-0.4, -0.2) is 56.7 Å². The summed E-state index contributed by atoms with van der Waals surface area (Å²) in [6.07, 6.45) is 4.87. The second-order valence-corrected chi connectivity index (χ2v) is 8.21. The van der Waals surface area contributed by atoms with Crippen molar-refractivity contribution in [2.45, 2.75) is 32.1 Å². The number of carbonyl (C=O) groups excluding carboxylic acids is 2. The average Bonchev–Trinajstić information content (AvgIpc) is 2.82. The van der Waals surface area contributed by atoms with Gasteiger partial charge >= 0.3 is 5.97 Å². The molecule has 4 rings (SSSR count). The summed E-state index contributed by atoms with van der Waals surface area (Å²) in [5, 5.41) is 0. The largest absolute Gasteiger partial charge is 0.497 e. The van der Waals surface area contributed by atoms with Gasteiger partial charge in [-0.15, -0.1) is 0 Å². The second kappa shape index (κ2) is 9.86. The lowest BCUT2D eigenvalue weighted by Crippen LogP contribution is -2.49. The lowest BCUT2D eigenvalue weighted by Gasteiger charge is -2.36. The van der Waals surface area contributed by atoms with Gasteiger partial charge in [-0.1, -0.05) is 18.2 Å². The van der Waals surface area contributed by atoms with E-state index in [0.717, 1.165) is 42.9 Å². The summed E-state index contributed by atoms with van der Waals surface area (Å²) >= 11 is 0. The summed E-state index contributed by atoms with van der Waals surface area (Å²) in [5.41, 5.74) is 4.82. The molecular weight excluding hydrogens is 392 g/mol. The number of methoxy groups -OCH3 is 1. The third-order valence-corrected chi connectivity index (χ3v) is 6.19. The summed E-state index contributed by atoms with van der Waals surface area (Å²) < 4.78 is 10.5. The zero-order valence-corrected chi connectivity index (χ0v) is 18.1. The molecule has 0 aromatic heterocycles. The highest BCUT2D eigenvalue weighted by molar-refractivity contribution is 5.81. The summed E-state index contributed by atoms with van der Waals surface area (Å²) in [5.74, 6) is 0.351. The fourth-order valence-electron chi connectivity index (χ4n) is 4.36. The number of benzene rings is 2. The molecule has 1 aliphatic carbocycles. The zero-order chi connectivity index (χ0) is 21.6. The van der Waals surface area contributed by atoms with Crippen LogP contribution < -0.4 is 9.64 Å². The Morgan fingerprint density at radius 3 is 2.32 bits per heavy atom. The minimum Gasteiger partial charge on any atom is -0.497 e. The maximum absolute atomic E-state index is 12.5. The summed E-state index contributed by atoms with van der Waals surface area (Å²) in [6.45, 7) is 2.55. The Morgan fingerprint density at radius 1 is 0.903 bits per heavy atom. The van der Waals surface area contributed by atoms with E-state index in [9.17, 15) is 9.59 Å². The molecule has 6 heteroatoms. The number of rotatable bonds is 6. The standard InChI is InChI=1S/C25H30N2O4/c1-30-23-10-8-22(9-11-23)26-12-14-27(15-13-26)24(28)18-31-25(29)17-19-6-7-20-4-2-3-5-21(20)16-19/h6-11,16H,2-5,12-15,17-18H2,1H3. The van der Waals surface area contributed by atoms with Crippen molar-refractivity contribution < 1.29 is 19.1 Å². The predicted octanol–water partition coefficient (Wildman–Crippen LogP) is 3.01. The highest BCUT2D eigenvalue weighted by atomic mass is 16.5. The van der Waals surface area contributed by atoms with Gasteiger partial charge in [-0.25, -0.2) is 0 Å². The summed E-state index contributed by atoms with van der Waals surface area (Å²) in [7, 11) is 1.65. The fraction of sp³-hybridized carbons (Fsp3) is 0.440. The molecule has 2 aliphatic rings. The Balaban J connectivity index is 1.21. The van der Waals surface area contributed by atoms with Gasteiger partial charge in [0.25, 0.3) is 5.91 Å². The van der Waals surface area contributed by atoms with E-state index in [2.05, 4.69) is 17.0 Å². The van der Waals surface area contributed by atoms with Crippen molar-refractivity contribution in [3.05, 3.63) is 59.2 Å². The van der Waals surface area contributed by atoms with Crippen LogP contribution in [0.2, 0.25) is 0 Å². The van der Waals surface area contributed by atoms with Crippen LogP contribution in [0.3, 0.4) is 0 Å². The minimum atomic E-state index is -0.346. The Hall–Kier alpha value is -3.02. The Labute approximate surface area is 183 Å². The highest BCUT2D eigenvalue weighted by Gasteiger charge is 2.22. The number of anilines is 1. The van der Waals surface area contributed by atoms with E-state index in [1.165, 1.54) is 24.0 Å². The van der Waals surface area contributed by atoms with E-state index < -0.39 is 0 Å². The number of esters is 1. The van der Waals surface area contributed by atoms with Crippen LogP contribution in [0.4, 0.5) is 5.69 Å². The third-order valence-electron chi connectivity index (χ3n) is 6.19. The third kappa shape index (κ3) is 5.37. The summed E-state index contributed by atoms with van der Waals surface area (Å²) in [4.78, 5) is 28.7. The molecule has 1 aliphatic heterocycles. The van der Waals surface area contributed by atoms with E-state index >= 15 is 0 Å². The van der Waals surface area contributed by atoms with Crippen molar-refractivity contribution in [3.63, 3.8) is 0 Å². The zero-order valence-electron chi connectivity index (χ0n) is 18.1. The maximum atomic E-state index is 12.5. The number of hydrogen-bond acceptors (Lipinski definition) is 5. The first-order valence-corrected chi connectivity index (χ1v) is 11.1. The molecule has 6 nitrogen and oxygen atoms in total. The van der Waals surface area contributed by atoms with Crippen molar-refractivity contribution in [2.75, 3.05) is 44.8 Å². The predicted molar refractivity (Wildman–Crippen MR) is 120 cm³/mol. The van der Waals surface area contributed by atoms with Crippen LogP contribution in [0.1, 0.15) is 29.5 Å². The molecule has 1 amide bonds. The molecule has 1 heterocycles. The normalized spacial score (nSPS) is 15.9. The SMILES string of the molecule is COc1ccc(N2CCN(C(=O)COC(=O)Cc3ccc4c(c3)CCCC4)CC2)cc1. The molecule has 0 N–H and O–H groups in total. The van der Waals surface area contributed by atoms with E-state index in [0.29, 0.717) is 13.1 Å². The summed E-state index contributed by atoms with van der Waals surface area (Å²) in [6, 6.07) is 14.2. The van der Waals surface area contributed by atoms with Gasteiger partial charge in [0, 0.05) is 31.9 Å². The monoisotopic (exact) mass is 422 g/mol. The first kappa shape index (κ1) is 21.2. The Morgan fingerprint density at radius 2 is 1.61 bits per heavy atom. The van der Waals surface area contributed by atoms with Gasteiger partial charge in [-0.3, -0.25) is 9.59 Å². The molecule has 1 saturated heterocycles. The average molecular weight is 423 g/mol. The highest BCUT2D eigenvalue weighted by Crippen LogP contribution is 2.23. The van der Waals surface area contributed by atoms with Gasteiger partial charge in [0.2, 0.25) is 0 Å². The molecule has 0 radical (unpaired) electrons. The molecule has 0 saturated carbocycles. The topological polar surface area (TPSA) is 59.1 Å². The van der Waals surface area contributed by atoms with Crippen LogP contribution in [0, 0.1) is 0 Å². The lowest BCUT2D eigenvalue weighted by atomic mass is 9.90. The number of amides is 1. The smallest absolute Gasteiger partial charge is 0.310 e. The maximum Gasteiger partial charge on any atom is 0.310 e. The molecule has 0 unspecified atom stereocenters. The molecule has 1 fully saturated rings. The molecule has 2 aromatic rings. The number of aryl methyl sites for hydroxylation is 2. The van der Waals surface area contributed by atoms with Crippen LogP contribution in [0.15, 0.2) is 42.5 Å². The van der Waals surface area contributed by atoms with Crippen molar-refractivity contribution in [2.24, 2.45) is 0 Å². The van der Waals surface area contributed by atoms with E-state index in [4.69, 9.17) is 9.47 Å². The van der Waals surface area contributed by atoms with E-state index in [-0.39, 0.29) is 24.9 Å². The first-order valence-electron chi connectivity index (χ1n) is 11.1. The van der Waals surface area contributed by atoms with Gasteiger partial charge in [0.1, 0.15) is 5.75 Å². The van der Waals surface area contributed by atoms with Crippen molar-refractivity contribution in [1.82, 2.24) is 4.90 Å². The van der Waals surface area contributed by atoms with Crippen molar-refractivity contribution >= 4 is 17.6 Å². The van der Waals surface area contributed by atoms with Crippen molar-refractivity contribution in [3.8, 4) is 5.75 Å². The molecule has 0 spiro atoms. The van der Waals surface area contributed by atoms with E-state index in [1.54, 1.807) is 12.0 Å². The number of nitrogens with zero attached hydrogens (tertiary/aromatic N) is 2. The number of ether oxygens (including phenoxy) is 2. The number of carbonyl (C=O) groups is 2. The fourth-order valence-corrected chi connectivity index (χ4v) is 4.36. The van der Waals surface area contributed by atoms with Gasteiger partial charge in [0.05, 0.1) is 13.5 Å². The molecule has 0 atom stereocenters. The van der Waals surface area contributed by atoms with Gasteiger partial charge in [-0.05, 0) is 66.6 Å². The van der Waals surface area contributed by atoms with E-state index in [1.807, 2.05) is 30.3 Å². The molecule has 164 valence electrons.